The van der Waals surface area contributed by atoms with Crippen LogP contribution in [0.2, 0.25) is 10.0 Å². The molecule has 0 unspecified atom stereocenters. The summed E-state index contributed by atoms with van der Waals surface area (Å²) in [5.74, 6) is 1.04. The summed E-state index contributed by atoms with van der Waals surface area (Å²) in [5, 5.41) is 4.89. The number of methoxy groups -OCH3 is 1. The minimum atomic E-state index is -0.144. The van der Waals surface area contributed by atoms with Gasteiger partial charge in [-0.3, -0.25) is 4.79 Å². The van der Waals surface area contributed by atoms with Crippen molar-refractivity contribution in [3.63, 3.8) is 0 Å². The highest BCUT2D eigenvalue weighted by Gasteiger charge is 2.33. The zero-order valence-electron chi connectivity index (χ0n) is 19.7. The van der Waals surface area contributed by atoms with Crippen molar-refractivity contribution in [2.24, 2.45) is 16.3 Å². The van der Waals surface area contributed by atoms with E-state index in [2.05, 4.69) is 26.1 Å². The van der Waals surface area contributed by atoms with Crippen LogP contribution in [0.5, 0.6) is 5.75 Å². The second-order valence-corrected chi connectivity index (χ2v) is 11.5. The molecule has 1 atom stereocenters. The molecule has 0 saturated heterocycles. The van der Waals surface area contributed by atoms with Crippen LogP contribution in [0.4, 0.5) is 10.7 Å². The lowest BCUT2D eigenvalue weighted by Crippen LogP contribution is -2.27. The predicted molar refractivity (Wildman–Crippen MR) is 144 cm³/mol. The first-order chi connectivity index (χ1) is 16.2. The van der Waals surface area contributed by atoms with Crippen LogP contribution in [-0.4, -0.2) is 19.2 Å². The normalized spacial score (nSPS) is 15.9. The fourth-order valence-corrected chi connectivity index (χ4v) is 5.92. The molecular formula is C27H28Cl2N2O2S. The molecule has 1 heterocycles. The van der Waals surface area contributed by atoms with Gasteiger partial charge in [0.2, 0.25) is 0 Å². The zero-order chi connectivity index (χ0) is 24.5. The Labute approximate surface area is 215 Å². The second kappa shape index (κ2) is 10.1. The molecule has 1 aliphatic carbocycles. The van der Waals surface area contributed by atoms with Gasteiger partial charge in [0.05, 0.1) is 17.7 Å². The van der Waals surface area contributed by atoms with Gasteiger partial charge in [-0.25, -0.2) is 4.99 Å². The molecule has 34 heavy (non-hydrogen) atoms. The lowest BCUT2D eigenvalue weighted by Gasteiger charge is -2.33. The molecule has 0 aliphatic heterocycles. The van der Waals surface area contributed by atoms with Crippen molar-refractivity contribution in [2.75, 3.05) is 12.4 Å². The number of hydrogen-bond acceptors (Lipinski definition) is 4. The Morgan fingerprint density at radius 2 is 1.91 bits per heavy atom. The molecule has 178 valence electrons. The maximum Gasteiger partial charge on any atom is 0.259 e. The predicted octanol–water partition coefficient (Wildman–Crippen LogP) is 8.22. The average Bonchev–Trinajstić information content (AvgIpc) is 3.16. The SMILES string of the molecule is COc1ccc(C=Nc2sc3c(c2C(=O)Nc2ccc(Cl)cc2)CC[C@@H](C(C)(C)C)C3)cc1Cl. The summed E-state index contributed by atoms with van der Waals surface area (Å²) in [6.07, 6.45) is 4.66. The number of anilines is 1. The number of benzene rings is 2. The van der Waals surface area contributed by atoms with Crippen LogP contribution in [0, 0.1) is 11.3 Å². The van der Waals surface area contributed by atoms with Gasteiger partial charge in [0, 0.05) is 21.8 Å². The number of hydrogen-bond donors (Lipinski definition) is 1. The molecule has 0 saturated carbocycles. The number of fused-ring (bicyclic) bond motifs is 1. The number of carbonyl (C=O) groups is 1. The first-order valence-corrected chi connectivity index (χ1v) is 12.8. The number of nitrogens with zero attached hydrogens (tertiary/aromatic N) is 1. The van der Waals surface area contributed by atoms with Gasteiger partial charge in [0.15, 0.2) is 0 Å². The number of ether oxygens (including phenoxy) is 1. The van der Waals surface area contributed by atoms with E-state index in [0.717, 1.165) is 35.4 Å². The van der Waals surface area contributed by atoms with Gasteiger partial charge < -0.3 is 10.1 Å². The van der Waals surface area contributed by atoms with E-state index in [1.807, 2.05) is 12.1 Å². The molecule has 1 aromatic heterocycles. The number of amides is 1. The van der Waals surface area contributed by atoms with Crippen LogP contribution in [0.3, 0.4) is 0 Å². The van der Waals surface area contributed by atoms with Crippen molar-refractivity contribution >= 4 is 57.3 Å². The van der Waals surface area contributed by atoms with E-state index in [-0.39, 0.29) is 11.3 Å². The Kier molecular flexibility index (Phi) is 7.36. The quantitative estimate of drug-likeness (QED) is 0.348. The molecule has 0 radical (unpaired) electrons. The summed E-state index contributed by atoms with van der Waals surface area (Å²) in [5.41, 5.74) is 3.55. The molecule has 0 fully saturated rings. The van der Waals surface area contributed by atoms with Gasteiger partial charge in [-0.1, -0.05) is 44.0 Å². The molecule has 4 rings (SSSR count). The van der Waals surface area contributed by atoms with Gasteiger partial charge in [0.25, 0.3) is 5.91 Å². The Balaban J connectivity index is 1.69. The van der Waals surface area contributed by atoms with Crippen LogP contribution in [0.25, 0.3) is 0 Å². The van der Waals surface area contributed by atoms with Crippen molar-refractivity contribution in [1.82, 2.24) is 0 Å². The van der Waals surface area contributed by atoms with E-state index < -0.39 is 0 Å². The standard InChI is InChI=1S/C27H28Cl2N2O2S/c1-27(2,3)17-6-11-20-23(14-17)34-26(30-15-16-5-12-22(33-4)21(29)13-16)24(20)25(32)31-19-9-7-18(28)8-10-19/h5,7-10,12-13,15,17H,6,11,14H2,1-4H3,(H,31,32)/t17-/m1/s1. The van der Waals surface area contributed by atoms with E-state index in [4.69, 9.17) is 32.9 Å². The molecular weight excluding hydrogens is 487 g/mol. The van der Waals surface area contributed by atoms with Gasteiger partial charge in [-0.2, -0.15) is 0 Å². The van der Waals surface area contributed by atoms with E-state index in [0.29, 0.717) is 33.0 Å². The molecule has 1 N–H and O–H groups in total. The number of aliphatic imine (C=N–C) groups is 1. The topological polar surface area (TPSA) is 50.7 Å². The monoisotopic (exact) mass is 514 g/mol. The van der Waals surface area contributed by atoms with Crippen LogP contribution in [0.15, 0.2) is 47.5 Å². The highest BCUT2D eigenvalue weighted by Crippen LogP contribution is 2.45. The Bertz CT molecular complexity index is 1230. The molecule has 7 heteroatoms. The molecule has 4 nitrogen and oxygen atoms in total. The number of rotatable bonds is 5. The zero-order valence-corrected chi connectivity index (χ0v) is 22.1. The summed E-state index contributed by atoms with van der Waals surface area (Å²) < 4.78 is 5.23. The largest absolute Gasteiger partial charge is 0.495 e. The van der Waals surface area contributed by atoms with Crippen LogP contribution in [-0.2, 0) is 12.8 Å². The summed E-state index contributed by atoms with van der Waals surface area (Å²) in [7, 11) is 1.58. The number of halogens is 2. The van der Waals surface area contributed by atoms with Gasteiger partial charge >= 0.3 is 0 Å². The number of carbonyl (C=O) groups excluding carboxylic acids is 1. The number of nitrogens with one attached hydrogen (secondary N) is 1. The Morgan fingerprint density at radius 3 is 2.56 bits per heavy atom. The van der Waals surface area contributed by atoms with Crippen LogP contribution < -0.4 is 10.1 Å². The third-order valence-corrected chi connectivity index (χ3v) is 8.02. The first-order valence-electron chi connectivity index (χ1n) is 11.2. The molecule has 0 bridgehead atoms. The smallest absolute Gasteiger partial charge is 0.259 e. The summed E-state index contributed by atoms with van der Waals surface area (Å²) in [6, 6.07) is 12.6. The maximum absolute atomic E-state index is 13.4. The van der Waals surface area contributed by atoms with E-state index in [9.17, 15) is 4.79 Å². The highest BCUT2D eigenvalue weighted by molar-refractivity contribution is 7.16. The summed E-state index contributed by atoms with van der Waals surface area (Å²) in [4.78, 5) is 19.4. The molecule has 1 amide bonds. The van der Waals surface area contributed by atoms with Crippen molar-refractivity contribution in [1.29, 1.82) is 0 Å². The molecule has 1 aliphatic rings. The molecule has 3 aromatic rings. The lowest BCUT2D eigenvalue weighted by atomic mass is 9.72. The van der Waals surface area contributed by atoms with Gasteiger partial charge in [-0.05, 0) is 84.2 Å². The van der Waals surface area contributed by atoms with E-state index in [1.165, 1.54) is 4.88 Å². The third kappa shape index (κ3) is 5.48. The van der Waals surface area contributed by atoms with Crippen molar-refractivity contribution in [3.8, 4) is 5.75 Å². The maximum atomic E-state index is 13.4. The lowest BCUT2D eigenvalue weighted by molar-refractivity contribution is 0.102. The van der Waals surface area contributed by atoms with Gasteiger partial charge in [0.1, 0.15) is 10.8 Å². The Morgan fingerprint density at radius 1 is 1.18 bits per heavy atom. The minimum absolute atomic E-state index is 0.144. The van der Waals surface area contributed by atoms with Crippen molar-refractivity contribution in [2.45, 2.75) is 40.0 Å². The summed E-state index contributed by atoms with van der Waals surface area (Å²) >= 11 is 13.9. The first kappa shape index (κ1) is 24.8. The van der Waals surface area contributed by atoms with Gasteiger partial charge in [-0.15, -0.1) is 11.3 Å². The highest BCUT2D eigenvalue weighted by atomic mass is 35.5. The second-order valence-electron chi connectivity index (χ2n) is 9.60. The van der Waals surface area contributed by atoms with Crippen molar-refractivity contribution < 1.29 is 9.53 Å². The fraction of sp³-hybridized carbons (Fsp3) is 0.333. The van der Waals surface area contributed by atoms with Crippen LogP contribution in [0.1, 0.15) is 53.6 Å². The third-order valence-electron chi connectivity index (χ3n) is 6.31. The molecule has 0 spiro atoms. The average molecular weight is 516 g/mol. The van der Waals surface area contributed by atoms with E-state index in [1.54, 1.807) is 55.0 Å². The van der Waals surface area contributed by atoms with Crippen molar-refractivity contribution in [3.05, 3.63) is 74.1 Å². The van der Waals surface area contributed by atoms with Crippen LogP contribution >= 0.6 is 34.5 Å². The number of thiophene rings is 1. The Hall–Kier alpha value is -2.34. The minimum Gasteiger partial charge on any atom is -0.495 e. The fourth-order valence-electron chi connectivity index (χ4n) is 4.26. The summed E-state index contributed by atoms with van der Waals surface area (Å²) in [6.45, 7) is 6.87. The van der Waals surface area contributed by atoms with E-state index >= 15 is 0 Å². The molecule has 2 aromatic carbocycles.